The largest absolute Gasteiger partial charge is 0.497 e. The van der Waals surface area contributed by atoms with Gasteiger partial charge in [-0.15, -0.1) is 0 Å². The van der Waals surface area contributed by atoms with E-state index in [0.29, 0.717) is 11.6 Å². The monoisotopic (exact) mass is 289 g/mol. The highest BCUT2D eigenvalue weighted by Gasteiger charge is 2.13. The molecule has 0 atom stereocenters. The number of methoxy groups -OCH3 is 2. The van der Waals surface area contributed by atoms with Gasteiger partial charge in [-0.25, -0.2) is 9.78 Å². The van der Waals surface area contributed by atoms with Crippen molar-refractivity contribution in [3.05, 3.63) is 47.7 Å². The van der Waals surface area contributed by atoms with Crippen molar-refractivity contribution >= 4 is 5.97 Å². The summed E-state index contributed by atoms with van der Waals surface area (Å²) in [5, 5.41) is 9.17. The Hall–Kier alpha value is -2.76. The highest BCUT2D eigenvalue weighted by Crippen LogP contribution is 2.26. The Balaban J connectivity index is 2.24. The van der Waals surface area contributed by atoms with E-state index in [-0.39, 0.29) is 17.9 Å². The molecule has 0 aliphatic rings. The van der Waals surface area contributed by atoms with E-state index < -0.39 is 5.97 Å². The molecule has 0 spiro atoms. The summed E-state index contributed by atoms with van der Waals surface area (Å²) in [5.41, 5.74) is 0.790. The average Bonchev–Trinajstić information content (AvgIpc) is 2.52. The van der Waals surface area contributed by atoms with Gasteiger partial charge < -0.3 is 19.3 Å². The summed E-state index contributed by atoms with van der Waals surface area (Å²) in [6, 6.07) is 8.10. The van der Waals surface area contributed by atoms with Crippen LogP contribution < -0.4 is 14.2 Å². The summed E-state index contributed by atoms with van der Waals surface area (Å²) >= 11 is 0. The number of carboxylic acids is 1. The van der Waals surface area contributed by atoms with E-state index in [1.54, 1.807) is 24.4 Å². The first-order chi connectivity index (χ1) is 10.2. The molecule has 0 unspecified atom stereocenters. The molecule has 1 N–H and O–H groups in total. The van der Waals surface area contributed by atoms with Crippen molar-refractivity contribution in [2.45, 2.75) is 6.61 Å². The molecule has 2 rings (SSSR count). The molecule has 6 nitrogen and oxygen atoms in total. The van der Waals surface area contributed by atoms with Crippen molar-refractivity contribution in [1.29, 1.82) is 0 Å². The predicted octanol–water partition coefficient (Wildman–Crippen LogP) is 2.38. The number of hydrogen-bond donors (Lipinski definition) is 1. The third-order valence-corrected chi connectivity index (χ3v) is 2.85. The highest BCUT2D eigenvalue weighted by molar-refractivity contribution is 5.91. The third-order valence-electron chi connectivity index (χ3n) is 2.85. The van der Waals surface area contributed by atoms with E-state index in [1.165, 1.54) is 26.4 Å². The normalized spacial score (nSPS) is 10.0. The lowest BCUT2D eigenvalue weighted by Crippen LogP contribution is -2.05. The van der Waals surface area contributed by atoms with Crippen molar-refractivity contribution in [3.63, 3.8) is 0 Å². The Kier molecular flexibility index (Phi) is 4.61. The van der Waals surface area contributed by atoms with E-state index in [2.05, 4.69) is 4.98 Å². The quantitative estimate of drug-likeness (QED) is 0.879. The fraction of sp³-hybridized carbons (Fsp3) is 0.200. The Bertz CT molecular complexity index is 642. The lowest BCUT2D eigenvalue weighted by molar-refractivity contribution is 0.0691. The molecule has 1 heterocycles. The maximum Gasteiger partial charge on any atom is 0.339 e. The molecule has 110 valence electrons. The molecule has 0 aliphatic heterocycles. The lowest BCUT2D eigenvalue weighted by atomic mass is 10.2. The van der Waals surface area contributed by atoms with Crippen LogP contribution in [0.5, 0.6) is 17.4 Å². The molecular formula is C15H15NO5. The Morgan fingerprint density at radius 3 is 2.71 bits per heavy atom. The SMILES string of the molecule is COc1ccc(C(=O)O)c(OCc2cccnc2OC)c1. The first-order valence-electron chi connectivity index (χ1n) is 6.17. The number of aromatic carboxylic acids is 1. The third kappa shape index (κ3) is 3.42. The topological polar surface area (TPSA) is 77.9 Å². The fourth-order valence-electron chi connectivity index (χ4n) is 1.80. The Morgan fingerprint density at radius 2 is 2.05 bits per heavy atom. The van der Waals surface area contributed by atoms with Gasteiger partial charge >= 0.3 is 5.97 Å². The van der Waals surface area contributed by atoms with Crippen molar-refractivity contribution in [2.75, 3.05) is 14.2 Å². The first kappa shape index (κ1) is 14.6. The van der Waals surface area contributed by atoms with E-state index in [9.17, 15) is 4.79 Å². The highest BCUT2D eigenvalue weighted by atomic mass is 16.5. The molecular weight excluding hydrogens is 274 g/mol. The van der Waals surface area contributed by atoms with Gasteiger partial charge in [0.1, 0.15) is 23.7 Å². The number of pyridine rings is 1. The number of carbonyl (C=O) groups is 1. The van der Waals surface area contributed by atoms with Crippen LogP contribution in [-0.2, 0) is 6.61 Å². The van der Waals surface area contributed by atoms with Crippen LogP contribution in [-0.4, -0.2) is 30.3 Å². The Labute approximate surface area is 121 Å². The van der Waals surface area contributed by atoms with Crippen LogP contribution in [0.1, 0.15) is 15.9 Å². The zero-order valence-electron chi connectivity index (χ0n) is 11.7. The molecule has 0 saturated heterocycles. The summed E-state index contributed by atoms with van der Waals surface area (Å²) in [6.07, 6.45) is 1.61. The molecule has 0 radical (unpaired) electrons. The maximum atomic E-state index is 11.2. The van der Waals surface area contributed by atoms with Gasteiger partial charge in [-0.1, -0.05) is 0 Å². The Morgan fingerprint density at radius 1 is 1.24 bits per heavy atom. The van der Waals surface area contributed by atoms with Gasteiger partial charge in [0.25, 0.3) is 0 Å². The summed E-state index contributed by atoms with van der Waals surface area (Å²) < 4.78 is 15.8. The average molecular weight is 289 g/mol. The first-order valence-corrected chi connectivity index (χ1v) is 6.17. The van der Waals surface area contributed by atoms with E-state index in [4.69, 9.17) is 19.3 Å². The van der Waals surface area contributed by atoms with Crippen LogP contribution in [0.3, 0.4) is 0 Å². The van der Waals surface area contributed by atoms with Gasteiger partial charge in [0.2, 0.25) is 5.88 Å². The standard InChI is InChI=1S/C15H15NO5/c1-19-11-5-6-12(15(17)18)13(8-11)21-9-10-4-3-7-16-14(10)20-2/h3-8H,9H2,1-2H3,(H,17,18). The smallest absolute Gasteiger partial charge is 0.339 e. The second-order valence-corrected chi connectivity index (χ2v) is 4.13. The van der Waals surface area contributed by atoms with Gasteiger partial charge in [-0.2, -0.15) is 0 Å². The summed E-state index contributed by atoms with van der Waals surface area (Å²) in [4.78, 5) is 15.3. The van der Waals surface area contributed by atoms with Crippen molar-refractivity contribution in [3.8, 4) is 17.4 Å². The van der Waals surface area contributed by atoms with Crippen LogP contribution >= 0.6 is 0 Å². The number of hydrogen-bond acceptors (Lipinski definition) is 5. The summed E-state index contributed by atoms with van der Waals surface area (Å²) in [5.74, 6) is 0.129. The number of nitrogens with zero attached hydrogens (tertiary/aromatic N) is 1. The molecule has 0 saturated carbocycles. The fourth-order valence-corrected chi connectivity index (χ4v) is 1.80. The van der Waals surface area contributed by atoms with Gasteiger partial charge in [-0.3, -0.25) is 0 Å². The minimum absolute atomic E-state index is 0.0682. The minimum Gasteiger partial charge on any atom is -0.497 e. The lowest BCUT2D eigenvalue weighted by Gasteiger charge is -2.12. The summed E-state index contributed by atoms with van der Waals surface area (Å²) in [7, 11) is 3.02. The number of carboxylic acid groups (broad SMARTS) is 1. The number of rotatable bonds is 6. The second kappa shape index (κ2) is 6.60. The van der Waals surface area contributed by atoms with Crippen LogP contribution in [0.2, 0.25) is 0 Å². The van der Waals surface area contributed by atoms with Crippen molar-refractivity contribution in [1.82, 2.24) is 4.98 Å². The molecule has 0 aliphatic carbocycles. The number of aromatic nitrogens is 1. The van der Waals surface area contributed by atoms with Crippen LogP contribution in [0, 0.1) is 0 Å². The zero-order valence-corrected chi connectivity index (χ0v) is 11.7. The van der Waals surface area contributed by atoms with Crippen LogP contribution in [0.25, 0.3) is 0 Å². The molecule has 0 bridgehead atoms. The van der Waals surface area contributed by atoms with Gasteiger partial charge in [0.05, 0.1) is 19.8 Å². The summed E-state index contributed by atoms with van der Waals surface area (Å²) in [6.45, 7) is 0.143. The number of ether oxygens (including phenoxy) is 3. The van der Waals surface area contributed by atoms with Gasteiger partial charge in [-0.05, 0) is 24.3 Å². The van der Waals surface area contributed by atoms with Gasteiger partial charge in [0, 0.05) is 12.3 Å². The van der Waals surface area contributed by atoms with Crippen LogP contribution in [0.15, 0.2) is 36.5 Å². The molecule has 1 aromatic carbocycles. The predicted molar refractivity (Wildman–Crippen MR) is 75.1 cm³/mol. The minimum atomic E-state index is -1.06. The zero-order chi connectivity index (χ0) is 15.2. The molecule has 21 heavy (non-hydrogen) atoms. The molecule has 0 amide bonds. The molecule has 2 aromatic rings. The van der Waals surface area contributed by atoms with E-state index in [0.717, 1.165) is 5.56 Å². The van der Waals surface area contributed by atoms with Crippen LogP contribution in [0.4, 0.5) is 0 Å². The van der Waals surface area contributed by atoms with Gasteiger partial charge in [0.15, 0.2) is 0 Å². The maximum absolute atomic E-state index is 11.2. The van der Waals surface area contributed by atoms with E-state index >= 15 is 0 Å². The number of benzene rings is 1. The second-order valence-electron chi connectivity index (χ2n) is 4.13. The molecule has 0 fully saturated rings. The van der Waals surface area contributed by atoms with Crippen molar-refractivity contribution < 1.29 is 24.1 Å². The molecule has 6 heteroatoms. The molecule has 1 aromatic heterocycles. The van der Waals surface area contributed by atoms with E-state index in [1.807, 2.05) is 0 Å². The van der Waals surface area contributed by atoms with Crippen molar-refractivity contribution in [2.24, 2.45) is 0 Å².